The van der Waals surface area contributed by atoms with Crippen molar-refractivity contribution >= 4 is 21.6 Å². The summed E-state index contributed by atoms with van der Waals surface area (Å²) in [7, 11) is 3.81. The molecule has 0 bridgehead atoms. The van der Waals surface area contributed by atoms with Gasteiger partial charge in [-0.15, -0.1) is 0 Å². The molecule has 0 aliphatic heterocycles. The highest BCUT2D eigenvalue weighted by Crippen LogP contribution is 2.27. The van der Waals surface area contributed by atoms with Crippen LogP contribution in [-0.4, -0.2) is 11.5 Å². The van der Waals surface area contributed by atoms with Crippen LogP contribution in [0.4, 0.5) is 0 Å². The highest BCUT2D eigenvalue weighted by atomic mass is 33.1. The molecule has 50 valence electrons. The quantitative estimate of drug-likeness (QED) is 0.567. The summed E-state index contributed by atoms with van der Waals surface area (Å²) in [5, 5.41) is 0.796. The van der Waals surface area contributed by atoms with E-state index >= 15 is 0 Å². The summed E-state index contributed by atoms with van der Waals surface area (Å²) in [6.45, 7) is 6.79. The first kappa shape index (κ1) is 8.70. The first-order valence-electron chi connectivity index (χ1n) is 2.88. The SMILES string of the molecule is CSS[C@@H](C)C(C)C. The molecular formula is C6H14S2. The minimum Gasteiger partial charge on any atom is -0.0973 e. The van der Waals surface area contributed by atoms with Crippen molar-refractivity contribution in [2.24, 2.45) is 5.92 Å². The maximum absolute atomic E-state index is 2.27. The Balaban J connectivity index is 3.17. The van der Waals surface area contributed by atoms with Gasteiger partial charge >= 0.3 is 0 Å². The third-order valence-corrected chi connectivity index (χ3v) is 3.72. The summed E-state index contributed by atoms with van der Waals surface area (Å²) in [4.78, 5) is 0. The summed E-state index contributed by atoms with van der Waals surface area (Å²) in [6, 6.07) is 0. The second-order valence-electron chi connectivity index (χ2n) is 2.21. The molecule has 8 heavy (non-hydrogen) atoms. The summed E-state index contributed by atoms with van der Waals surface area (Å²) < 4.78 is 0. The summed E-state index contributed by atoms with van der Waals surface area (Å²) >= 11 is 0. The Hall–Kier alpha value is 0.700. The van der Waals surface area contributed by atoms with Gasteiger partial charge in [0.15, 0.2) is 0 Å². The van der Waals surface area contributed by atoms with Gasteiger partial charge < -0.3 is 0 Å². The zero-order chi connectivity index (χ0) is 6.57. The molecule has 0 unspecified atom stereocenters. The first-order valence-corrected chi connectivity index (χ1v) is 5.50. The molecule has 0 fully saturated rings. The van der Waals surface area contributed by atoms with Crippen LogP contribution in [0, 0.1) is 5.92 Å². The van der Waals surface area contributed by atoms with E-state index in [2.05, 4.69) is 27.0 Å². The molecule has 1 atom stereocenters. The average Bonchev–Trinajstić information content (AvgIpc) is 1.67. The van der Waals surface area contributed by atoms with E-state index in [0.717, 1.165) is 11.2 Å². The molecule has 0 aromatic carbocycles. The standard InChI is InChI=1S/C6H14S2/c1-5(2)6(3)8-7-4/h5-6H,1-4H3/t6-/m0/s1. The maximum atomic E-state index is 2.27. The first-order chi connectivity index (χ1) is 3.68. The minimum absolute atomic E-state index is 0.796. The topological polar surface area (TPSA) is 0 Å². The van der Waals surface area contributed by atoms with E-state index < -0.39 is 0 Å². The van der Waals surface area contributed by atoms with Gasteiger partial charge in [0.2, 0.25) is 0 Å². The van der Waals surface area contributed by atoms with Crippen LogP contribution in [0.5, 0.6) is 0 Å². The highest BCUT2D eigenvalue weighted by molar-refractivity contribution is 8.76. The van der Waals surface area contributed by atoms with Gasteiger partial charge in [0.05, 0.1) is 0 Å². The molecule has 0 amide bonds. The summed E-state index contributed by atoms with van der Waals surface area (Å²) in [6.07, 6.45) is 2.13. The molecule has 0 nitrogen and oxygen atoms in total. The van der Waals surface area contributed by atoms with Crippen molar-refractivity contribution in [3.05, 3.63) is 0 Å². The van der Waals surface area contributed by atoms with E-state index in [1.165, 1.54) is 0 Å². The fourth-order valence-corrected chi connectivity index (χ4v) is 2.37. The second-order valence-corrected chi connectivity index (χ2v) is 5.06. The highest BCUT2D eigenvalue weighted by Gasteiger charge is 2.04. The zero-order valence-corrected chi connectivity index (χ0v) is 7.60. The molecule has 2 heteroatoms. The van der Waals surface area contributed by atoms with E-state index in [9.17, 15) is 0 Å². The largest absolute Gasteiger partial charge is 0.0973 e. The third kappa shape index (κ3) is 3.67. The van der Waals surface area contributed by atoms with Crippen molar-refractivity contribution < 1.29 is 0 Å². The fraction of sp³-hybridized carbons (Fsp3) is 1.00. The lowest BCUT2D eigenvalue weighted by Crippen LogP contribution is -2.02. The number of rotatable bonds is 3. The van der Waals surface area contributed by atoms with E-state index in [-0.39, 0.29) is 0 Å². The van der Waals surface area contributed by atoms with Crippen LogP contribution in [0.3, 0.4) is 0 Å². The Kier molecular flexibility index (Phi) is 4.97. The molecule has 0 radical (unpaired) electrons. The monoisotopic (exact) mass is 150 g/mol. The fourth-order valence-electron chi connectivity index (χ4n) is 0.263. The zero-order valence-electron chi connectivity index (χ0n) is 5.97. The minimum atomic E-state index is 0.796. The van der Waals surface area contributed by atoms with Crippen molar-refractivity contribution in [1.82, 2.24) is 0 Å². The van der Waals surface area contributed by atoms with Crippen LogP contribution in [0.25, 0.3) is 0 Å². The van der Waals surface area contributed by atoms with Gasteiger partial charge in [0.1, 0.15) is 0 Å². The Labute approximate surface area is 60.2 Å². The van der Waals surface area contributed by atoms with E-state index in [1.807, 2.05) is 21.6 Å². The van der Waals surface area contributed by atoms with Crippen LogP contribution >= 0.6 is 21.6 Å². The Morgan fingerprint density at radius 2 is 1.62 bits per heavy atom. The molecule has 0 heterocycles. The lowest BCUT2D eigenvalue weighted by atomic mass is 10.2. The Morgan fingerprint density at radius 1 is 1.12 bits per heavy atom. The molecule has 0 saturated carbocycles. The molecule has 0 N–H and O–H groups in total. The number of hydrogen-bond donors (Lipinski definition) is 0. The van der Waals surface area contributed by atoms with Crippen LogP contribution < -0.4 is 0 Å². The molecule has 0 aliphatic rings. The van der Waals surface area contributed by atoms with Gasteiger partial charge in [-0.05, 0) is 12.2 Å². The average molecular weight is 150 g/mol. The van der Waals surface area contributed by atoms with Crippen LogP contribution in [0.15, 0.2) is 0 Å². The van der Waals surface area contributed by atoms with Crippen molar-refractivity contribution in [1.29, 1.82) is 0 Å². The Bertz CT molecular complexity index is 52.5. The van der Waals surface area contributed by atoms with Gasteiger partial charge in [0, 0.05) is 5.25 Å². The van der Waals surface area contributed by atoms with Crippen LogP contribution in [0.1, 0.15) is 20.8 Å². The molecule has 0 aromatic rings. The molecule has 0 rings (SSSR count). The summed E-state index contributed by atoms with van der Waals surface area (Å²) in [5.41, 5.74) is 0. The lowest BCUT2D eigenvalue weighted by Gasteiger charge is -2.11. The number of hydrogen-bond acceptors (Lipinski definition) is 2. The predicted molar refractivity (Wildman–Crippen MR) is 45.4 cm³/mol. The second kappa shape index (κ2) is 4.57. The van der Waals surface area contributed by atoms with E-state index in [0.29, 0.717) is 0 Å². The van der Waals surface area contributed by atoms with Crippen LogP contribution in [-0.2, 0) is 0 Å². The van der Waals surface area contributed by atoms with Crippen molar-refractivity contribution in [3.63, 3.8) is 0 Å². The van der Waals surface area contributed by atoms with Gasteiger partial charge in [0.25, 0.3) is 0 Å². The van der Waals surface area contributed by atoms with Gasteiger partial charge in [-0.2, -0.15) is 0 Å². The summed E-state index contributed by atoms with van der Waals surface area (Å²) in [5.74, 6) is 0.812. The van der Waals surface area contributed by atoms with E-state index in [1.54, 1.807) is 0 Å². The molecular weight excluding hydrogens is 136 g/mol. The van der Waals surface area contributed by atoms with E-state index in [4.69, 9.17) is 0 Å². The molecule has 0 saturated heterocycles. The third-order valence-electron chi connectivity index (χ3n) is 1.19. The predicted octanol–water partition coefficient (Wildman–Crippen LogP) is 3.04. The Morgan fingerprint density at radius 3 is 1.75 bits per heavy atom. The maximum Gasteiger partial charge on any atom is 0.0146 e. The lowest BCUT2D eigenvalue weighted by molar-refractivity contribution is 0.645. The van der Waals surface area contributed by atoms with Crippen molar-refractivity contribution in [3.8, 4) is 0 Å². The van der Waals surface area contributed by atoms with Gasteiger partial charge in [-0.3, -0.25) is 0 Å². The normalized spacial score (nSPS) is 14.6. The van der Waals surface area contributed by atoms with Gasteiger partial charge in [-0.25, -0.2) is 0 Å². The van der Waals surface area contributed by atoms with Crippen LogP contribution in [0.2, 0.25) is 0 Å². The molecule has 0 aromatic heterocycles. The smallest absolute Gasteiger partial charge is 0.0146 e. The molecule has 0 aliphatic carbocycles. The van der Waals surface area contributed by atoms with Gasteiger partial charge in [-0.1, -0.05) is 42.4 Å². The van der Waals surface area contributed by atoms with Crippen molar-refractivity contribution in [2.45, 2.75) is 26.0 Å². The van der Waals surface area contributed by atoms with Crippen molar-refractivity contribution in [2.75, 3.05) is 6.26 Å². The molecule has 0 spiro atoms.